The zero-order valence-corrected chi connectivity index (χ0v) is 19.0. The van der Waals surface area contributed by atoms with Crippen molar-refractivity contribution in [1.29, 1.82) is 0 Å². The molecule has 0 saturated carbocycles. The number of carbonyl (C=O) groups excluding carboxylic acids is 2. The van der Waals surface area contributed by atoms with E-state index in [4.69, 9.17) is 0 Å². The second kappa shape index (κ2) is 15.6. The first-order chi connectivity index (χ1) is 15.7. The van der Waals surface area contributed by atoms with Crippen LogP contribution in [-0.4, -0.2) is 49.4 Å². The summed E-state index contributed by atoms with van der Waals surface area (Å²) in [6.45, 7) is 6.35. The summed E-state index contributed by atoms with van der Waals surface area (Å²) in [5.41, 5.74) is 2.03. The molecule has 0 aliphatic rings. The molecule has 0 radical (unpaired) electrons. The van der Waals surface area contributed by atoms with E-state index >= 15 is 0 Å². The number of carbonyl (C=O) groups is 2. The Labute approximate surface area is 192 Å². The fraction of sp³-hybridized carbons (Fsp3) is 0.333. The van der Waals surface area contributed by atoms with Crippen molar-refractivity contribution in [3.63, 3.8) is 0 Å². The summed E-state index contributed by atoms with van der Waals surface area (Å²) in [5, 5.41) is 5.89. The standard InChI is InChI=1S/C27H35N3O2/c1-2-21-30(22-9-19-28-26(31)17-15-24-11-5-3-6-12-24)23-10-20-29-27(32)18-16-25-13-7-4-8-14-25/h3-8,11-18H,2,9-10,19-23H2,1H3,(H,28,31)(H,29,32)/b17-15+,18-16+. The SMILES string of the molecule is CCCN(CCCNC(=O)/C=C/c1ccccc1)CCCNC(=O)/C=C/c1ccccc1. The lowest BCUT2D eigenvalue weighted by Crippen LogP contribution is -2.32. The second-order valence-electron chi connectivity index (χ2n) is 7.62. The van der Waals surface area contributed by atoms with Gasteiger partial charge in [-0.1, -0.05) is 67.6 Å². The van der Waals surface area contributed by atoms with Crippen LogP contribution in [0.15, 0.2) is 72.8 Å². The van der Waals surface area contributed by atoms with Gasteiger partial charge in [0.15, 0.2) is 0 Å². The van der Waals surface area contributed by atoms with Crippen molar-refractivity contribution < 1.29 is 9.59 Å². The minimum atomic E-state index is -0.0674. The van der Waals surface area contributed by atoms with E-state index in [2.05, 4.69) is 22.5 Å². The van der Waals surface area contributed by atoms with Crippen molar-refractivity contribution in [2.45, 2.75) is 26.2 Å². The Balaban J connectivity index is 1.58. The van der Waals surface area contributed by atoms with Gasteiger partial charge in [-0.15, -0.1) is 0 Å². The first kappa shape index (κ1) is 25.1. The summed E-state index contributed by atoms with van der Waals surface area (Å²) in [7, 11) is 0. The molecule has 0 unspecified atom stereocenters. The van der Waals surface area contributed by atoms with Gasteiger partial charge in [0.05, 0.1) is 0 Å². The van der Waals surface area contributed by atoms with Gasteiger partial charge >= 0.3 is 0 Å². The zero-order valence-electron chi connectivity index (χ0n) is 19.0. The molecule has 0 fully saturated rings. The van der Waals surface area contributed by atoms with E-state index in [0.29, 0.717) is 13.1 Å². The quantitative estimate of drug-likeness (QED) is 0.348. The van der Waals surface area contributed by atoms with Gasteiger partial charge in [-0.25, -0.2) is 0 Å². The van der Waals surface area contributed by atoms with Gasteiger partial charge in [-0.05, 0) is 62.2 Å². The minimum absolute atomic E-state index is 0.0674. The molecule has 0 saturated heterocycles. The predicted molar refractivity (Wildman–Crippen MR) is 133 cm³/mol. The molecule has 0 heterocycles. The van der Waals surface area contributed by atoms with Crippen LogP contribution in [0.3, 0.4) is 0 Å². The van der Waals surface area contributed by atoms with E-state index in [1.807, 2.05) is 72.8 Å². The van der Waals surface area contributed by atoms with Gasteiger partial charge in [0.25, 0.3) is 0 Å². The molecule has 5 nitrogen and oxygen atoms in total. The molecule has 2 amide bonds. The topological polar surface area (TPSA) is 61.4 Å². The number of rotatable bonds is 14. The lowest BCUT2D eigenvalue weighted by Gasteiger charge is -2.21. The third kappa shape index (κ3) is 11.3. The molecule has 0 aromatic heterocycles. The Bertz CT molecular complexity index is 778. The fourth-order valence-electron chi connectivity index (χ4n) is 3.27. The first-order valence-electron chi connectivity index (χ1n) is 11.4. The number of hydrogen-bond donors (Lipinski definition) is 2. The first-order valence-corrected chi connectivity index (χ1v) is 11.4. The number of amides is 2. The van der Waals surface area contributed by atoms with Gasteiger partial charge in [0.1, 0.15) is 0 Å². The molecule has 2 aromatic carbocycles. The number of benzene rings is 2. The maximum Gasteiger partial charge on any atom is 0.243 e. The molecular weight excluding hydrogens is 398 g/mol. The summed E-state index contributed by atoms with van der Waals surface area (Å²) < 4.78 is 0. The van der Waals surface area contributed by atoms with Crippen LogP contribution in [0, 0.1) is 0 Å². The van der Waals surface area contributed by atoms with Crippen molar-refractivity contribution >= 4 is 24.0 Å². The van der Waals surface area contributed by atoms with E-state index in [1.165, 1.54) is 0 Å². The van der Waals surface area contributed by atoms with Gasteiger partial charge in [-0.3, -0.25) is 9.59 Å². The molecule has 2 aromatic rings. The molecule has 0 aliphatic carbocycles. The molecule has 0 spiro atoms. The second-order valence-corrected chi connectivity index (χ2v) is 7.62. The van der Waals surface area contributed by atoms with Crippen molar-refractivity contribution in [2.75, 3.05) is 32.7 Å². The predicted octanol–water partition coefficient (Wildman–Crippen LogP) is 4.14. The van der Waals surface area contributed by atoms with Crippen molar-refractivity contribution in [3.8, 4) is 0 Å². The fourth-order valence-corrected chi connectivity index (χ4v) is 3.27. The van der Waals surface area contributed by atoms with Gasteiger partial charge in [0.2, 0.25) is 11.8 Å². The Morgan fingerprint density at radius 3 is 1.56 bits per heavy atom. The van der Waals surface area contributed by atoms with Crippen LogP contribution in [0.25, 0.3) is 12.2 Å². The van der Waals surface area contributed by atoms with Crippen molar-refractivity contribution in [3.05, 3.63) is 83.9 Å². The van der Waals surface area contributed by atoms with E-state index in [1.54, 1.807) is 12.2 Å². The molecule has 2 N–H and O–H groups in total. The van der Waals surface area contributed by atoms with Crippen LogP contribution in [0.5, 0.6) is 0 Å². The maximum absolute atomic E-state index is 11.9. The van der Waals surface area contributed by atoms with Gasteiger partial charge in [0, 0.05) is 25.2 Å². The largest absolute Gasteiger partial charge is 0.353 e. The van der Waals surface area contributed by atoms with Gasteiger partial charge < -0.3 is 15.5 Å². The molecule has 0 aliphatic heterocycles. The number of nitrogens with zero attached hydrogens (tertiary/aromatic N) is 1. The summed E-state index contributed by atoms with van der Waals surface area (Å²) in [4.78, 5) is 26.3. The highest BCUT2D eigenvalue weighted by Gasteiger charge is 2.04. The number of hydrogen-bond acceptors (Lipinski definition) is 3. The molecule has 0 bridgehead atoms. The van der Waals surface area contributed by atoms with E-state index < -0.39 is 0 Å². The van der Waals surface area contributed by atoms with Crippen LogP contribution in [-0.2, 0) is 9.59 Å². The summed E-state index contributed by atoms with van der Waals surface area (Å²) in [5.74, 6) is -0.135. The summed E-state index contributed by atoms with van der Waals surface area (Å²) in [6, 6.07) is 19.6. The average molecular weight is 434 g/mol. The maximum atomic E-state index is 11.9. The summed E-state index contributed by atoms with van der Waals surface area (Å²) >= 11 is 0. The van der Waals surface area contributed by atoms with Crippen LogP contribution in [0.2, 0.25) is 0 Å². The Morgan fingerprint density at radius 2 is 1.16 bits per heavy atom. The third-order valence-corrected chi connectivity index (χ3v) is 4.89. The Kier molecular flexibility index (Phi) is 12.2. The molecule has 5 heteroatoms. The smallest absolute Gasteiger partial charge is 0.243 e. The van der Waals surface area contributed by atoms with Crippen LogP contribution >= 0.6 is 0 Å². The molecule has 32 heavy (non-hydrogen) atoms. The van der Waals surface area contributed by atoms with E-state index in [9.17, 15) is 9.59 Å². The van der Waals surface area contributed by atoms with Crippen molar-refractivity contribution in [1.82, 2.24) is 15.5 Å². The highest BCUT2D eigenvalue weighted by molar-refractivity contribution is 5.92. The van der Waals surface area contributed by atoms with Crippen molar-refractivity contribution in [2.24, 2.45) is 0 Å². The zero-order chi connectivity index (χ0) is 22.9. The lowest BCUT2D eigenvalue weighted by atomic mass is 10.2. The normalized spacial score (nSPS) is 11.3. The highest BCUT2D eigenvalue weighted by atomic mass is 16.2. The molecule has 0 atom stereocenters. The minimum Gasteiger partial charge on any atom is -0.353 e. The van der Waals surface area contributed by atoms with Crippen LogP contribution < -0.4 is 10.6 Å². The van der Waals surface area contributed by atoms with Crippen LogP contribution in [0.4, 0.5) is 0 Å². The number of nitrogens with one attached hydrogen (secondary N) is 2. The molecule has 170 valence electrons. The monoisotopic (exact) mass is 433 g/mol. The van der Waals surface area contributed by atoms with Crippen LogP contribution in [0.1, 0.15) is 37.3 Å². The van der Waals surface area contributed by atoms with E-state index in [-0.39, 0.29) is 11.8 Å². The third-order valence-electron chi connectivity index (χ3n) is 4.89. The lowest BCUT2D eigenvalue weighted by molar-refractivity contribution is -0.117. The highest BCUT2D eigenvalue weighted by Crippen LogP contribution is 2.02. The van der Waals surface area contributed by atoms with E-state index in [0.717, 1.165) is 50.0 Å². The Hall–Kier alpha value is -3.18. The molecular formula is C27H35N3O2. The summed E-state index contributed by atoms with van der Waals surface area (Å²) in [6.07, 6.45) is 9.68. The van der Waals surface area contributed by atoms with Gasteiger partial charge in [-0.2, -0.15) is 0 Å². The molecule has 2 rings (SSSR count). The average Bonchev–Trinajstić information content (AvgIpc) is 2.83. The Morgan fingerprint density at radius 1 is 0.719 bits per heavy atom.